The number of fused-ring (bicyclic) bond motifs is 6. The molecule has 2 atom stereocenters. The fraction of sp³-hybridized carbons (Fsp3) is 0.333. The lowest BCUT2D eigenvalue weighted by atomic mass is 9.80. The fourth-order valence-electron chi connectivity index (χ4n) is 4.34. The molecule has 23 heavy (non-hydrogen) atoms. The summed E-state index contributed by atoms with van der Waals surface area (Å²) in [6, 6.07) is 8.03. The molecule has 5 rings (SSSR count). The van der Waals surface area contributed by atoms with Crippen LogP contribution in [0, 0.1) is 0 Å². The van der Waals surface area contributed by atoms with Crippen LogP contribution in [-0.2, 0) is 15.9 Å². The molecule has 0 saturated carbocycles. The van der Waals surface area contributed by atoms with Crippen LogP contribution in [0.25, 0.3) is 15.8 Å². The predicted octanol–water partition coefficient (Wildman–Crippen LogP) is 4.36. The van der Waals surface area contributed by atoms with Crippen LogP contribution in [0.3, 0.4) is 0 Å². The second-order valence-electron chi connectivity index (χ2n) is 6.91. The first-order valence-corrected chi connectivity index (χ1v) is 8.67. The molecule has 118 valence electrons. The Bertz CT molecular complexity index is 933. The summed E-state index contributed by atoms with van der Waals surface area (Å²) in [6.45, 7) is 4.00. The monoisotopic (exact) mass is 327 g/mol. The molecule has 5 heteroatoms. The summed E-state index contributed by atoms with van der Waals surface area (Å²) in [6.07, 6.45) is 1.72. The number of benzene rings is 1. The average molecular weight is 327 g/mol. The van der Waals surface area contributed by atoms with Crippen LogP contribution in [0.5, 0.6) is 11.8 Å². The first-order valence-electron chi connectivity index (χ1n) is 7.79. The summed E-state index contributed by atoms with van der Waals surface area (Å²) in [5.74, 6) is 0.207. The highest BCUT2D eigenvalue weighted by molar-refractivity contribution is 7.17. The zero-order valence-electron chi connectivity index (χ0n) is 13.0. The lowest BCUT2D eigenvalue weighted by molar-refractivity contribution is -0.0683. The van der Waals surface area contributed by atoms with Gasteiger partial charge in [0.1, 0.15) is 0 Å². The maximum atomic E-state index is 10.9. The van der Waals surface area contributed by atoms with E-state index in [0.29, 0.717) is 0 Å². The molecule has 2 bridgehead atoms. The van der Waals surface area contributed by atoms with Crippen LogP contribution in [0.15, 0.2) is 29.6 Å². The van der Waals surface area contributed by atoms with Crippen LogP contribution in [-0.4, -0.2) is 14.8 Å². The van der Waals surface area contributed by atoms with E-state index in [-0.39, 0.29) is 11.8 Å². The van der Waals surface area contributed by atoms with E-state index in [9.17, 15) is 10.2 Å². The Labute approximate surface area is 137 Å². The molecule has 2 N–H and O–H groups in total. The quantitative estimate of drug-likeness (QED) is 0.698. The van der Waals surface area contributed by atoms with Gasteiger partial charge in [0.15, 0.2) is 0 Å². The van der Waals surface area contributed by atoms with E-state index in [0.717, 1.165) is 39.7 Å². The van der Waals surface area contributed by atoms with Crippen molar-refractivity contribution in [2.75, 3.05) is 0 Å². The van der Waals surface area contributed by atoms with Gasteiger partial charge in [0.05, 0.1) is 28.0 Å². The van der Waals surface area contributed by atoms with Gasteiger partial charge in [0, 0.05) is 15.5 Å². The third-order valence-corrected chi connectivity index (χ3v) is 6.36. The molecule has 1 saturated heterocycles. The summed E-state index contributed by atoms with van der Waals surface area (Å²) < 4.78 is 8.86. The van der Waals surface area contributed by atoms with E-state index < -0.39 is 11.2 Å². The van der Waals surface area contributed by atoms with E-state index in [1.54, 1.807) is 15.9 Å². The smallest absolute Gasteiger partial charge is 0.205 e. The number of nitrogens with zero attached hydrogens (tertiary/aromatic N) is 1. The molecule has 2 aliphatic heterocycles. The van der Waals surface area contributed by atoms with Gasteiger partial charge in [-0.05, 0) is 32.8 Å². The maximum absolute atomic E-state index is 10.9. The molecule has 0 amide bonds. The number of aromatic hydroxyl groups is 2. The molecule has 4 nitrogen and oxygen atoms in total. The van der Waals surface area contributed by atoms with Gasteiger partial charge in [-0.3, -0.25) is 0 Å². The largest absolute Gasteiger partial charge is 0.494 e. The standard InChI is InChI=1S/C18H17NO3S/c1-17-7-8-18(2,22-17)14-13(17)15(20)19(16(14)21)11-9-23-12-6-4-3-5-10(11)12/h3-6,9,20-21H,7-8H2,1-2H3. The third-order valence-electron chi connectivity index (χ3n) is 5.41. The van der Waals surface area contributed by atoms with Gasteiger partial charge in [0.2, 0.25) is 11.8 Å². The SMILES string of the molecule is CC12CCC(C)(O1)c1c2c(O)n(-c2csc3ccccc23)c1O. The number of hydrogen-bond acceptors (Lipinski definition) is 4. The number of aromatic nitrogens is 1. The molecule has 0 aliphatic carbocycles. The first kappa shape index (κ1) is 13.5. The van der Waals surface area contributed by atoms with Gasteiger partial charge < -0.3 is 14.9 Å². The van der Waals surface area contributed by atoms with Gasteiger partial charge in [-0.15, -0.1) is 11.3 Å². The van der Waals surface area contributed by atoms with Crippen molar-refractivity contribution in [3.8, 4) is 17.4 Å². The van der Waals surface area contributed by atoms with E-state index in [2.05, 4.69) is 0 Å². The highest BCUT2D eigenvalue weighted by Crippen LogP contribution is 2.64. The molecule has 2 unspecified atom stereocenters. The number of hydrogen-bond donors (Lipinski definition) is 2. The summed E-state index contributed by atoms with van der Waals surface area (Å²) in [5.41, 5.74) is 1.30. The minimum absolute atomic E-state index is 0.104. The van der Waals surface area contributed by atoms with Gasteiger partial charge in [-0.2, -0.15) is 0 Å². The van der Waals surface area contributed by atoms with Crippen molar-refractivity contribution >= 4 is 21.4 Å². The molecule has 0 radical (unpaired) electrons. The van der Waals surface area contributed by atoms with Gasteiger partial charge >= 0.3 is 0 Å². The fourth-order valence-corrected chi connectivity index (χ4v) is 5.27. The van der Waals surface area contributed by atoms with Gasteiger partial charge in [0.25, 0.3) is 0 Å². The Morgan fingerprint density at radius 1 is 1.04 bits per heavy atom. The van der Waals surface area contributed by atoms with Crippen LogP contribution in [0.2, 0.25) is 0 Å². The molecule has 2 aromatic heterocycles. The topological polar surface area (TPSA) is 54.6 Å². The molecule has 2 aliphatic rings. The van der Waals surface area contributed by atoms with Crippen LogP contribution < -0.4 is 0 Å². The van der Waals surface area contributed by atoms with Crippen molar-refractivity contribution in [2.45, 2.75) is 37.9 Å². The Morgan fingerprint density at radius 3 is 2.30 bits per heavy atom. The summed E-state index contributed by atoms with van der Waals surface area (Å²) in [4.78, 5) is 0. The molecule has 1 aromatic carbocycles. The Kier molecular flexibility index (Phi) is 2.29. The lowest BCUT2D eigenvalue weighted by Gasteiger charge is -2.20. The van der Waals surface area contributed by atoms with Crippen molar-refractivity contribution in [1.82, 2.24) is 4.57 Å². The predicted molar refractivity (Wildman–Crippen MR) is 89.5 cm³/mol. The minimum atomic E-state index is -0.511. The second kappa shape index (κ2) is 3.91. The third kappa shape index (κ3) is 1.45. The zero-order chi connectivity index (χ0) is 16.0. The van der Waals surface area contributed by atoms with Crippen molar-refractivity contribution in [2.24, 2.45) is 0 Å². The van der Waals surface area contributed by atoms with Crippen LogP contribution in [0.1, 0.15) is 37.8 Å². The molecule has 1 fully saturated rings. The number of thiophene rings is 1. The van der Waals surface area contributed by atoms with Crippen molar-refractivity contribution in [3.63, 3.8) is 0 Å². The highest BCUT2D eigenvalue weighted by Gasteiger charge is 2.59. The van der Waals surface area contributed by atoms with Gasteiger partial charge in [-0.25, -0.2) is 4.57 Å². The van der Waals surface area contributed by atoms with E-state index >= 15 is 0 Å². The average Bonchev–Trinajstić information content (AvgIpc) is 3.19. The minimum Gasteiger partial charge on any atom is -0.494 e. The maximum Gasteiger partial charge on any atom is 0.205 e. The normalized spacial score (nSPS) is 28.6. The Morgan fingerprint density at radius 2 is 1.65 bits per heavy atom. The van der Waals surface area contributed by atoms with Crippen LogP contribution >= 0.6 is 11.3 Å². The van der Waals surface area contributed by atoms with Crippen molar-refractivity contribution < 1.29 is 14.9 Å². The Hall–Kier alpha value is -1.98. The summed E-state index contributed by atoms with van der Waals surface area (Å²) in [7, 11) is 0. The summed E-state index contributed by atoms with van der Waals surface area (Å²) >= 11 is 1.61. The second-order valence-corrected chi connectivity index (χ2v) is 7.82. The highest BCUT2D eigenvalue weighted by atomic mass is 32.1. The number of ether oxygens (including phenoxy) is 1. The van der Waals surface area contributed by atoms with E-state index in [1.807, 2.05) is 43.5 Å². The molecular formula is C18H17NO3S. The molecule has 3 aromatic rings. The van der Waals surface area contributed by atoms with Crippen LogP contribution in [0.4, 0.5) is 0 Å². The first-order chi connectivity index (χ1) is 10.9. The number of rotatable bonds is 1. The Balaban J connectivity index is 1.85. The zero-order valence-corrected chi connectivity index (χ0v) is 13.8. The molecular weight excluding hydrogens is 310 g/mol. The molecule has 4 heterocycles. The van der Waals surface area contributed by atoms with E-state index in [4.69, 9.17) is 4.74 Å². The molecule has 0 spiro atoms. The van der Waals surface area contributed by atoms with E-state index in [1.165, 1.54) is 0 Å². The van der Waals surface area contributed by atoms with Crippen molar-refractivity contribution in [3.05, 3.63) is 40.8 Å². The summed E-state index contributed by atoms with van der Waals surface area (Å²) in [5, 5.41) is 24.8. The lowest BCUT2D eigenvalue weighted by Crippen LogP contribution is -2.17. The van der Waals surface area contributed by atoms with Gasteiger partial charge in [-0.1, -0.05) is 18.2 Å². The van der Waals surface area contributed by atoms with Crippen molar-refractivity contribution in [1.29, 1.82) is 0 Å².